The van der Waals surface area contributed by atoms with Crippen LogP contribution in [0.15, 0.2) is 42.5 Å². The smallest absolute Gasteiger partial charge is 0.337 e. The number of esters is 1. The van der Waals surface area contributed by atoms with Crippen LogP contribution in [0.5, 0.6) is 0 Å². The summed E-state index contributed by atoms with van der Waals surface area (Å²) in [4.78, 5) is 11.4. The summed E-state index contributed by atoms with van der Waals surface area (Å²) in [7, 11) is 1.33. The van der Waals surface area contributed by atoms with E-state index in [2.05, 4.69) is 16.1 Å². The van der Waals surface area contributed by atoms with Crippen LogP contribution in [0.1, 0.15) is 21.5 Å². The lowest BCUT2D eigenvalue weighted by atomic mass is 10.1. The minimum Gasteiger partial charge on any atom is -0.465 e. The summed E-state index contributed by atoms with van der Waals surface area (Å²) in [5, 5.41) is 11.9. The summed E-state index contributed by atoms with van der Waals surface area (Å²) in [5.41, 5.74) is 9.21. The average molecular weight is 281 g/mol. The molecule has 0 radical (unpaired) electrons. The van der Waals surface area contributed by atoms with Crippen LogP contribution in [-0.2, 0) is 11.3 Å². The molecule has 0 saturated carbocycles. The van der Waals surface area contributed by atoms with E-state index in [1.54, 1.807) is 30.3 Å². The van der Waals surface area contributed by atoms with Crippen LogP contribution >= 0.6 is 0 Å². The van der Waals surface area contributed by atoms with Gasteiger partial charge in [-0.05, 0) is 35.9 Å². The molecule has 2 aromatic rings. The number of rotatable bonds is 4. The first-order valence-electron chi connectivity index (χ1n) is 6.35. The average Bonchev–Trinajstić information content (AvgIpc) is 2.53. The molecule has 0 atom stereocenters. The number of nitriles is 1. The zero-order valence-electron chi connectivity index (χ0n) is 11.6. The molecule has 0 fully saturated rings. The van der Waals surface area contributed by atoms with Crippen molar-refractivity contribution in [1.82, 2.24) is 0 Å². The topological polar surface area (TPSA) is 88.1 Å². The molecule has 0 saturated heterocycles. The van der Waals surface area contributed by atoms with Crippen LogP contribution in [-0.4, -0.2) is 13.1 Å². The minimum absolute atomic E-state index is 0.416. The van der Waals surface area contributed by atoms with Crippen LogP contribution in [0, 0.1) is 11.3 Å². The van der Waals surface area contributed by atoms with E-state index in [-0.39, 0.29) is 0 Å². The van der Waals surface area contributed by atoms with Crippen molar-refractivity contribution in [2.75, 3.05) is 18.2 Å². The Morgan fingerprint density at radius 1 is 1.29 bits per heavy atom. The van der Waals surface area contributed by atoms with Gasteiger partial charge in [0.1, 0.15) is 0 Å². The molecule has 106 valence electrons. The number of methoxy groups -OCH3 is 1. The Labute approximate surface area is 123 Å². The van der Waals surface area contributed by atoms with Gasteiger partial charge in [-0.2, -0.15) is 5.26 Å². The Balaban J connectivity index is 2.06. The standard InChI is InChI=1S/C16H15N3O2/c1-21-16(20)13-6-7-15(14(18)8-13)19-10-12-4-2-11(9-17)3-5-12/h2-8,19H,10,18H2,1H3. The molecule has 0 unspecified atom stereocenters. The summed E-state index contributed by atoms with van der Waals surface area (Å²) in [6.07, 6.45) is 0. The van der Waals surface area contributed by atoms with Gasteiger partial charge < -0.3 is 15.8 Å². The van der Waals surface area contributed by atoms with Crippen molar-refractivity contribution in [3.63, 3.8) is 0 Å². The third-order valence-corrected chi connectivity index (χ3v) is 3.04. The van der Waals surface area contributed by atoms with Crippen molar-refractivity contribution in [1.29, 1.82) is 5.26 Å². The number of ether oxygens (including phenoxy) is 1. The molecule has 0 bridgehead atoms. The highest BCUT2D eigenvalue weighted by molar-refractivity contribution is 5.91. The maximum atomic E-state index is 11.4. The number of carbonyl (C=O) groups is 1. The largest absolute Gasteiger partial charge is 0.465 e. The highest BCUT2D eigenvalue weighted by Gasteiger charge is 2.07. The van der Waals surface area contributed by atoms with E-state index in [4.69, 9.17) is 11.0 Å². The molecular weight excluding hydrogens is 266 g/mol. The van der Waals surface area contributed by atoms with Crippen molar-refractivity contribution in [3.8, 4) is 6.07 Å². The lowest BCUT2D eigenvalue weighted by Crippen LogP contribution is -2.06. The molecule has 2 rings (SSSR count). The second-order valence-electron chi connectivity index (χ2n) is 4.46. The van der Waals surface area contributed by atoms with Gasteiger partial charge in [-0.3, -0.25) is 0 Å². The Kier molecular flexibility index (Phi) is 4.42. The Hall–Kier alpha value is -3.00. The maximum absolute atomic E-state index is 11.4. The Morgan fingerprint density at radius 3 is 2.57 bits per heavy atom. The molecule has 0 heterocycles. The van der Waals surface area contributed by atoms with Gasteiger partial charge in [0.05, 0.1) is 35.7 Å². The van der Waals surface area contributed by atoms with E-state index in [1.165, 1.54) is 7.11 Å². The number of hydrogen-bond acceptors (Lipinski definition) is 5. The third-order valence-electron chi connectivity index (χ3n) is 3.04. The zero-order chi connectivity index (χ0) is 15.2. The Morgan fingerprint density at radius 2 is 2.00 bits per heavy atom. The third kappa shape index (κ3) is 3.51. The van der Waals surface area contributed by atoms with Crippen LogP contribution in [0.25, 0.3) is 0 Å². The van der Waals surface area contributed by atoms with Gasteiger partial charge in [0, 0.05) is 6.54 Å². The molecule has 5 nitrogen and oxygen atoms in total. The summed E-state index contributed by atoms with van der Waals surface area (Å²) >= 11 is 0. The van der Waals surface area contributed by atoms with Gasteiger partial charge in [-0.1, -0.05) is 12.1 Å². The van der Waals surface area contributed by atoms with Crippen LogP contribution < -0.4 is 11.1 Å². The second-order valence-corrected chi connectivity index (χ2v) is 4.46. The number of nitrogen functional groups attached to an aromatic ring is 1. The molecule has 21 heavy (non-hydrogen) atoms. The number of benzene rings is 2. The first-order chi connectivity index (χ1) is 10.1. The summed E-state index contributed by atoms with van der Waals surface area (Å²) in [5.74, 6) is -0.416. The minimum atomic E-state index is -0.416. The van der Waals surface area contributed by atoms with Crippen LogP contribution in [0.2, 0.25) is 0 Å². The Bertz CT molecular complexity index is 688. The molecule has 0 amide bonds. The molecule has 0 spiro atoms. The van der Waals surface area contributed by atoms with E-state index in [0.717, 1.165) is 11.3 Å². The summed E-state index contributed by atoms with van der Waals surface area (Å²) < 4.78 is 4.64. The fourth-order valence-corrected chi connectivity index (χ4v) is 1.86. The van der Waals surface area contributed by atoms with E-state index < -0.39 is 5.97 Å². The number of nitrogens with one attached hydrogen (secondary N) is 1. The lowest BCUT2D eigenvalue weighted by Gasteiger charge is -2.10. The first-order valence-corrected chi connectivity index (χ1v) is 6.35. The molecule has 5 heteroatoms. The predicted molar refractivity (Wildman–Crippen MR) is 80.7 cm³/mol. The number of anilines is 2. The van der Waals surface area contributed by atoms with Crippen LogP contribution in [0.3, 0.4) is 0 Å². The molecule has 0 aliphatic rings. The van der Waals surface area contributed by atoms with Gasteiger partial charge in [0.2, 0.25) is 0 Å². The normalized spacial score (nSPS) is 9.71. The van der Waals surface area contributed by atoms with Gasteiger partial charge >= 0.3 is 5.97 Å². The van der Waals surface area contributed by atoms with Gasteiger partial charge in [-0.25, -0.2) is 4.79 Å². The highest BCUT2D eigenvalue weighted by Crippen LogP contribution is 2.21. The summed E-state index contributed by atoms with van der Waals surface area (Å²) in [6, 6.07) is 14.3. The fraction of sp³-hybridized carbons (Fsp3) is 0.125. The lowest BCUT2D eigenvalue weighted by molar-refractivity contribution is 0.0601. The zero-order valence-corrected chi connectivity index (χ0v) is 11.6. The SMILES string of the molecule is COC(=O)c1ccc(NCc2ccc(C#N)cc2)c(N)c1. The van der Waals surface area contributed by atoms with Crippen molar-refractivity contribution < 1.29 is 9.53 Å². The molecule has 0 aliphatic carbocycles. The van der Waals surface area contributed by atoms with Gasteiger partial charge in [0.15, 0.2) is 0 Å². The molecule has 2 aromatic carbocycles. The van der Waals surface area contributed by atoms with Crippen molar-refractivity contribution >= 4 is 17.3 Å². The predicted octanol–water partition coefficient (Wildman–Crippen LogP) is 2.54. The van der Waals surface area contributed by atoms with Crippen molar-refractivity contribution in [2.24, 2.45) is 0 Å². The molecule has 0 aromatic heterocycles. The van der Waals surface area contributed by atoms with Crippen LogP contribution in [0.4, 0.5) is 11.4 Å². The van der Waals surface area contributed by atoms with Gasteiger partial charge in [0.25, 0.3) is 0 Å². The van der Waals surface area contributed by atoms with Gasteiger partial charge in [-0.15, -0.1) is 0 Å². The van der Waals surface area contributed by atoms with E-state index in [0.29, 0.717) is 23.4 Å². The summed E-state index contributed by atoms with van der Waals surface area (Å²) in [6.45, 7) is 0.577. The van der Waals surface area contributed by atoms with E-state index in [9.17, 15) is 4.79 Å². The molecule has 0 aliphatic heterocycles. The van der Waals surface area contributed by atoms with E-state index in [1.807, 2.05) is 12.1 Å². The molecular formula is C16H15N3O2. The number of nitrogens with zero attached hydrogens (tertiary/aromatic N) is 1. The van der Waals surface area contributed by atoms with Crippen molar-refractivity contribution in [3.05, 3.63) is 59.2 Å². The number of nitrogens with two attached hydrogens (primary N) is 1. The highest BCUT2D eigenvalue weighted by atomic mass is 16.5. The second kappa shape index (κ2) is 6.44. The fourth-order valence-electron chi connectivity index (χ4n) is 1.86. The molecule has 3 N–H and O–H groups in total. The maximum Gasteiger partial charge on any atom is 0.337 e. The first kappa shape index (κ1) is 14.4. The number of hydrogen-bond donors (Lipinski definition) is 2. The van der Waals surface area contributed by atoms with Crippen molar-refractivity contribution in [2.45, 2.75) is 6.54 Å². The number of carbonyl (C=O) groups excluding carboxylic acids is 1. The quantitative estimate of drug-likeness (QED) is 0.664. The van der Waals surface area contributed by atoms with E-state index >= 15 is 0 Å². The monoisotopic (exact) mass is 281 g/mol.